The maximum absolute atomic E-state index is 12.5. The van der Waals surface area contributed by atoms with Crippen molar-refractivity contribution in [3.8, 4) is 0 Å². The van der Waals surface area contributed by atoms with E-state index in [1.807, 2.05) is 0 Å². The summed E-state index contributed by atoms with van der Waals surface area (Å²) in [6, 6.07) is 6.92. The van der Waals surface area contributed by atoms with E-state index in [1.165, 1.54) is 6.08 Å². The summed E-state index contributed by atoms with van der Waals surface area (Å²) in [4.78, 5) is 12.2. The quantitative estimate of drug-likeness (QED) is 0.526. The van der Waals surface area contributed by atoms with E-state index in [0.29, 0.717) is 5.02 Å². The van der Waals surface area contributed by atoms with Gasteiger partial charge in [0.05, 0.1) is 12.2 Å². The normalized spacial score (nSPS) is 12.5. The Kier molecular flexibility index (Phi) is 6.82. The fourth-order valence-corrected chi connectivity index (χ4v) is 3.27. The van der Waals surface area contributed by atoms with Crippen molar-refractivity contribution in [2.45, 2.75) is 39.9 Å². The molecule has 0 amide bonds. The second-order valence-electron chi connectivity index (χ2n) is 5.03. The Labute approximate surface area is 130 Å². The van der Waals surface area contributed by atoms with E-state index in [4.69, 9.17) is 20.6 Å². The summed E-state index contributed by atoms with van der Waals surface area (Å²) in [5.41, 5.74) is 0.105. The molecule has 0 saturated carbocycles. The summed E-state index contributed by atoms with van der Waals surface area (Å²) in [5.74, 6) is 0. The molecule has 0 aliphatic rings. The van der Waals surface area contributed by atoms with Crippen molar-refractivity contribution in [2.24, 2.45) is 0 Å². The topological polar surface area (TPSA) is 52.6 Å². The van der Waals surface area contributed by atoms with Crippen LogP contribution >= 0.6 is 19.2 Å². The lowest BCUT2D eigenvalue weighted by Gasteiger charge is -2.20. The number of carbonyl (C=O) groups excluding carboxylic acids is 1. The molecule has 0 fully saturated rings. The minimum atomic E-state index is -3.82. The molecular formula is C15H20ClO4P. The average Bonchev–Trinajstić information content (AvgIpc) is 2.35. The molecular weight excluding hydrogens is 311 g/mol. The summed E-state index contributed by atoms with van der Waals surface area (Å²) in [6.45, 7) is 6.80. The van der Waals surface area contributed by atoms with Crippen molar-refractivity contribution in [3.05, 3.63) is 40.9 Å². The van der Waals surface area contributed by atoms with E-state index in [-0.39, 0.29) is 12.2 Å². The highest BCUT2D eigenvalue weighted by Crippen LogP contribution is 2.51. The molecule has 1 aromatic rings. The van der Waals surface area contributed by atoms with Crippen LogP contribution < -0.4 is 0 Å². The molecule has 0 unspecified atom stereocenters. The molecule has 0 aliphatic heterocycles. The molecule has 1 rings (SSSR count). The Morgan fingerprint density at radius 3 is 2.00 bits per heavy atom. The first-order valence-electron chi connectivity index (χ1n) is 6.68. The van der Waals surface area contributed by atoms with E-state index in [9.17, 15) is 9.36 Å². The van der Waals surface area contributed by atoms with E-state index in [0.717, 1.165) is 5.56 Å². The molecule has 0 aromatic heterocycles. The second kappa shape index (κ2) is 7.90. The van der Waals surface area contributed by atoms with Crippen LogP contribution in [0.4, 0.5) is 0 Å². The largest absolute Gasteiger partial charge is 0.401 e. The lowest BCUT2D eigenvalue weighted by Crippen LogP contribution is -2.12. The molecule has 1 aromatic carbocycles. The predicted octanol–water partition coefficient (Wildman–Crippen LogP) is 4.92. The van der Waals surface area contributed by atoms with Gasteiger partial charge in [0.25, 0.3) is 5.52 Å². The fraction of sp³-hybridized carbons (Fsp3) is 0.400. The molecule has 0 saturated heterocycles. The predicted molar refractivity (Wildman–Crippen MR) is 85.5 cm³/mol. The number of hydrogen-bond donors (Lipinski definition) is 0. The monoisotopic (exact) mass is 330 g/mol. The lowest BCUT2D eigenvalue weighted by molar-refractivity contribution is -0.110. The lowest BCUT2D eigenvalue weighted by atomic mass is 10.2. The fourth-order valence-electron chi connectivity index (χ4n) is 1.52. The Bertz CT molecular complexity index is 535. The zero-order valence-corrected chi connectivity index (χ0v) is 14.2. The smallest absolute Gasteiger partial charge is 0.300 e. The second-order valence-corrected chi connectivity index (χ2v) is 7.32. The first-order valence-corrected chi connectivity index (χ1v) is 8.60. The third-order valence-electron chi connectivity index (χ3n) is 2.26. The number of carbonyl (C=O) groups is 1. The number of halogens is 1. The highest BCUT2D eigenvalue weighted by Gasteiger charge is 2.35. The van der Waals surface area contributed by atoms with Crippen LogP contribution in [0.5, 0.6) is 0 Å². The van der Waals surface area contributed by atoms with Gasteiger partial charge in [-0.25, -0.2) is 0 Å². The number of benzene rings is 1. The third-order valence-corrected chi connectivity index (χ3v) is 4.60. The molecule has 0 heterocycles. The van der Waals surface area contributed by atoms with Gasteiger partial charge in [-0.1, -0.05) is 29.8 Å². The minimum absolute atomic E-state index is 0.373. The van der Waals surface area contributed by atoms with Crippen LogP contribution in [0.15, 0.2) is 30.3 Å². The highest BCUT2D eigenvalue weighted by atomic mass is 35.5. The van der Waals surface area contributed by atoms with Crippen molar-refractivity contribution < 1.29 is 18.4 Å². The summed E-state index contributed by atoms with van der Waals surface area (Å²) in [6.07, 6.45) is 2.03. The zero-order valence-electron chi connectivity index (χ0n) is 12.6. The van der Waals surface area contributed by atoms with E-state index in [1.54, 1.807) is 58.0 Å². The molecule has 0 aliphatic carbocycles. The zero-order chi connectivity index (χ0) is 16.0. The van der Waals surface area contributed by atoms with Crippen molar-refractivity contribution in [3.63, 3.8) is 0 Å². The molecule has 0 N–H and O–H groups in total. The first kappa shape index (κ1) is 18.1. The molecule has 0 spiro atoms. The van der Waals surface area contributed by atoms with Crippen LogP contribution in [0.2, 0.25) is 5.02 Å². The molecule has 0 radical (unpaired) electrons. The van der Waals surface area contributed by atoms with E-state index < -0.39 is 13.1 Å². The van der Waals surface area contributed by atoms with E-state index in [2.05, 4.69) is 0 Å². The number of allylic oxidation sites excluding steroid dienone is 1. The molecule has 21 heavy (non-hydrogen) atoms. The first-order chi connectivity index (χ1) is 9.73. The molecule has 0 bridgehead atoms. The van der Waals surface area contributed by atoms with Gasteiger partial charge in [0, 0.05) is 5.02 Å². The molecule has 6 heteroatoms. The van der Waals surface area contributed by atoms with Gasteiger partial charge in [-0.05, 0) is 51.5 Å². The van der Waals surface area contributed by atoms with Crippen molar-refractivity contribution in [2.75, 3.05) is 0 Å². The maximum atomic E-state index is 12.5. The minimum Gasteiger partial charge on any atom is -0.300 e. The van der Waals surface area contributed by atoms with Gasteiger partial charge in [-0.15, -0.1) is 0 Å². The van der Waals surface area contributed by atoms with E-state index >= 15 is 0 Å². The molecule has 116 valence electrons. The van der Waals surface area contributed by atoms with Gasteiger partial charge >= 0.3 is 7.60 Å². The molecule has 0 atom stereocenters. The Morgan fingerprint density at radius 2 is 1.57 bits per heavy atom. The summed E-state index contributed by atoms with van der Waals surface area (Å²) >= 11 is 5.79. The summed E-state index contributed by atoms with van der Waals surface area (Å²) in [5, 5.41) is 0.607. The average molecular weight is 331 g/mol. The standard InChI is InChI=1S/C15H20ClO4P/c1-11(2)19-21(18,20-12(3)4)15(17)10-7-13-5-8-14(16)9-6-13/h5-12H,1-4H3/b10-7+. The van der Waals surface area contributed by atoms with Gasteiger partial charge < -0.3 is 9.05 Å². The van der Waals surface area contributed by atoms with Crippen molar-refractivity contribution in [1.29, 1.82) is 0 Å². The van der Waals surface area contributed by atoms with Crippen LogP contribution in [0.3, 0.4) is 0 Å². The molecule has 4 nitrogen and oxygen atoms in total. The Hall–Kier alpha value is -0.930. The van der Waals surface area contributed by atoms with Crippen LogP contribution in [0, 0.1) is 0 Å². The van der Waals surface area contributed by atoms with Crippen LogP contribution in [-0.4, -0.2) is 17.7 Å². The summed E-state index contributed by atoms with van der Waals surface area (Å²) < 4.78 is 23.0. The third kappa shape index (κ3) is 6.15. The number of rotatable bonds is 7. The van der Waals surface area contributed by atoms with Gasteiger partial charge in [-0.3, -0.25) is 9.36 Å². The number of hydrogen-bond acceptors (Lipinski definition) is 4. The van der Waals surface area contributed by atoms with Crippen LogP contribution in [0.25, 0.3) is 6.08 Å². The van der Waals surface area contributed by atoms with Gasteiger partial charge in [0.1, 0.15) is 0 Å². The Balaban J connectivity index is 2.90. The van der Waals surface area contributed by atoms with Crippen molar-refractivity contribution in [1.82, 2.24) is 0 Å². The van der Waals surface area contributed by atoms with Crippen molar-refractivity contribution >= 4 is 30.8 Å². The van der Waals surface area contributed by atoms with Gasteiger partial charge in [0.2, 0.25) is 0 Å². The van der Waals surface area contributed by atoms with Crippen LogP contribution in [-0.2, 0) is 18.4 Å². The highest BCUT2D eigenvalue weighted by molar-refractivity contribution is 7.72. The Morgan fingerprint density at radius 1 is 1.10 bits per heavy atom. The SMILES string of the molecule is CC(C)OP(=O)(OC(C)C)C(=O)/C=C/c1ccc(Cl)cc1. The summed E-state index contributed by atoms with van der Waals surface area (Å²) in [7, 11) is -3.82. The van der Waals surface area contributed by atoms with Gasteiger partial charge in [0.15, 0.2) is 0 Å². The maximum Gasteiger partial charge on any atom is 0.401 e. The van der Waals surface area contributed by atoms with Crippen LogP contribution in [0.1, 0.15) is 33.3 Å². The van der Waals surface area contributed by atoms with Gasteiger partial charge in [-0.2, -0.15) is 0 Å².